The zero-order valence-electron chi connectivity index (χ0n) is 19.3. The van der Waals surface area contributed by atoms with E-state index in [1.165, 1.54) is 6.07 Å². The van der Waals surface area contributed by atoms with Crippen molar-refractivity contribution in [2.24, 2.45) is 0 Å². The van der Waals surface area contributed by atoms with Crippen LogP contribution < -0.4 is 10.9 Å². The molecule has 0 saturated heterocycles. The van der Waals surface area contributed by atoms with Crippen molar-refractivity contribution >= 4 is 21.6 Å². The lowest BCUT2D eigenvalue weighted by Gasteiger charge is -2.23. The molecule has 1 aliphatic rings. The predicted octanol–water partition coefficient (Wildman–Crippen LogP) is 4.29. The van der Waals surface area contributed by atoms with Gasteiger partial charge in [0.1, 0.15) is 4.83 Å². The summed E-state index contributed by atoms with van der Waals surface area (Å²) in [6.45, 7) is 5.63. The largest absolute Gasteiger partial charge is 0.309 e. The third-order valence-corrected chi connectivity index (χ3v) is 7.68. The van der Waals surface area contributed by atoms with Crippen LogP contribution in [-0.2, 0) is 32.5 Å². The minimum Gasteiger partial charge on any atom is -0.309 e. The smallest absolute Gasteiger partial charge is 0.262 e. The molecule has 1 atom stereocenters. The second-order valence-electron chi connectivity index (χ2n) is 8.96. The molecule has 0 bridgehead atoms. The molecule has 1 aromatic carbocycles. The Kier molecular flexibility index (Phi) is 6.31. The number of fused-ring (bicyclic) bond motifs is 3. The van der Waals surface area contributed by atoms with Crippen molar-refractivity contribution < 1.29 is 8.78 Å². The first kappa shape index (κ1) is 22.9. The van der Waals surface area contributed by atoms with Gasteiger partial charge in [0.2, 0.25) is 0 Å². The lowest BCUT2D eigenvalue weighted by Crippen LogP contribution is -2.34. The van der Waals surface area contributed by atoms with Crippen molar-refractivity contribution in [2.75, 3.05) is 0 Å². The lowest BCUT2D eigenvalue weighted by molar-refractivity contribution is 0.445. The summed E-state index contributed by atoms with van der Waals surface area (Å²) >= 11 is 1.57. The zero-order valence-corrected chi connectivity index (χ0v) is 20.1. The standard InChI is InChI=1S/C25H27F2N5OS/c1-15-11-16(2)32(30-15)10-4-9-31-14-29-24-22(25(31)33)19-8-7-18(12-21(19)34-24)28-13-17-5-3-6-20(26)23(17)27/h3,5-6,11,14,18,28H,4,7-10,12-13H2,1-2H3/t18-/m0/s1. The average Bonchev–Trinajstić information content (AvgIpc) is 3.34. The molecular weight excluding hydrogens is 456 g/mol. The van der Waals surface area contributed by atoms with Crippen LogP contribution in [0.3, 0.4) is 0 Å². The number of benzene rings is 1. The summed E-state index contributed by atoms with van der Waals surface area (Å²) in [5.74, 6) is -1.62. The van der Waals surface area contributed by atoms with Crippen molar-refractivity contribution in [3.8, 4) is 0 Å². The van der Waals surface area contributed by atoms with E-state index in [2.05, 4.69) is 15.4 Å². The van der Waals surface area contributed by atoms with Crippen LogP contribution in [0.2, 0.25) is 0 Å². The third-order valence-electron chi connectivity index (χ3n) is 6.52. The Morgan fingerprint density at radius 1 is 1.24 bits per heavy atom. The highest BCUT2D eigenvalue weighted by molar-refractivity contribution is 7.18. The molecule has 0 unspecified atom stereocenters. The van der Waals surface area contributed by atoms with Gasteiger partial charge in [-0.15, -0.1) is 11.3 Å². The fraction of sp³-hybridized carbons (Fsp3) is 0.400. The molecule has 0 fully saturated rings. The molecule has 34 heavy (non-hydrogen) atoms. The quantitative estimate of drug-likeness (QED) is 0.426. The van der Waals surface area contributed by atoms with E-state index >= 15 is 0 Å². The minimum atomic E-state index is -0.827. The van der Waals surface area contributed by atoms with E-state index in [1.807, 2.05) is 24.6 Å². The van der Waals surface area contributed by atoms with Crippen LogP contribution in [0.25, 0.3) is 10.2 Å². The SMILES string of the molecule is Cc1cc(C)n(CCCn2cnc3sc4c(c3c2=O)CC[C@H](NCc2cccc(F)c2F)C4)n1. The van der Waals surface area contributed by atoms with Gasteiger partial charge in [-0.1, -0.05) is 12.1 Å². The molecule has 178 valence electrons. The van der Waals surface area contributed by atoms with Gasteiger partial charge in [0.15, 0.2) is 11.6 Å². The van der Waals surface area contributed by atoms with E-state index in [4.69, 9.17) is 0 Å². The summed E-state index contributed by atoms with van der Waals surface area (Å²) in [5.41, 5.74) is 3.56. The van der Waals surface area contributed by atoms with Gasteiger partial charge < -0.3 is 5.32 Å². The molecule has 0 saturated carbocycles. The lowest BCUT2D eigenvalue weighted by atomic mass is 9.93. The van der Waals surface area contributed by atoms with E-state index in [0.717, 1.165) is 70.3 Å². The summed E-state index contributed by atoms with van der Waals surface area (Å²) in [5, 5.41) is 8.58. The van der Waals surface area contributed by atoms with Crippen LogP contribution in [0.4, 0.5) is 8.78 Å². The predicted molar refractivity (Wildman–Crippen MR) is 129 cm³/mol. The van der Waals surface area contributed by atoms with E-state index in [0.29, 0.717) is 12.1 Å². The van der Waals surface area contributed by atoms with Crippen molar-refractivity contribution in [1.82, 2.24) is 24.6 Å². The normalized spacial score (nSPS) is 15.7. The van der Waals surface area contributed by atoms with Crippen LogP contribution in [0.15, 0.2) is 35.4 Å². The van der Waals surface area contributed by atoms with E-state index in [1.54, 1.807) is 28.3 Å². The fourth-order valence-electron chi connectivity index (χ4n) is 4.77. The van der Waals surface area contributed by atoms with E-state index in [-0.39, 0.29) is 18.1 Å². The van der Waals surface area contributed by atoms with Gasteiger partial charge >= 0.3 is 0 Å². The molecule has 4 aromatic rings. The molecule has 3 aromatic heterocycles. The molecule has 1 N–H and O–H groups in total. The van der Waals surface area contributed by atoms with Crippen LogP contribution in [0, 0.1) is 25.5 Å². The number of hydrogen-bond acceptors (Lipinski definition) is 5. The van der Waals surface area contributed by atoms with Crippen molar-refractivity contribution in [2.45, 2.75) is 65.2 Å². The van der Waals surface area contributed by atoms with Crippen molar-refractivity contribution in [3.05, 3.63) is 80.0 Å². The number of aryl methyl sites for hydroxylation is 5. The van der Waals surface area contributed by atoms with Crippen LogP contribution >= 0.6 is 11.3 Å². The molecular formula is C25H27F2N5OS. The highest BCUT2D eigenvalue weighted by Gasteiger charge is 2.25. The van der Waals surface area contributed by atoms with Gasteiger partial charge in [-0.3, -0.25) is 14.0 Å². The second-order valence-corrected chi connectivity index (χ2v) is 10.0. The number of rotatable bonds is 7. The molecule has 0 radical (unpaired) electrons. The Balaban J connectivity index is 1.28. The van der Waals surface area contributed by atoms with Crippen LogP contribution in [-0.4, -0.2) is 25.4 Å². The second kappa shape index (κ2) is 9.38. The molecule has 0 aliphatic heterocycles. The maximum Gasteiger partial charge on any atom is 0.262 e. The molecule has 5 rings (SSSR count). The summed E-state index contributed by atoms with van der Waals surface area (Å²) < 4.78 is 31.1. The molecule has 3 heterocycles. The Bertz CT molecular complexity index is 1410. The number of nitrogens with zero attached hydrogens (tertiary/aromatic N) is 4. The molecule has 0 amide bonds. The monoisotopic (exact) mass is 483 g/mol. The minimum absolute atomic E-state index is 0.0177. The first-order valence-corrected chi connectivity index (χ1v) is 12.4. The Labute approximate surface area is 200 Å². The molecule has 9 heteroatoms. The number of halogens is 2. The van der Waals surface area contributed by atoms with Gasteiger partial charge in [-0.25, -0.2) is 13.8 Å². The maximum atomic E-state index is 14.0. The average molecular weight is 484 g/mol. The summed E-state index contributed by atoms with van der Waals surface area (Å²) in [6, 6.07) is 6.44. The first-order valence-electron chi connectivity index (χ1n) is 11.6. The summed E-state index contributed by atoms with van der Waals surface area (Å²) in [6.07, 6.45) is 4.80. The zero-order chi connectivity index (χ0) is 23.8. The topological polar surface area (TPSA) is 64.7 Å². The van der Waals surface area contributed by atoms with Gasteiger partial charge in [0.25, 0.3) is 5.56 Å². The number of thiophene rings is 1. The number of aromatic nitrogens is 4. The Hall–Kier alpha value is -2.91. The third kappa shape index (κ3) is 4.42. The highest BCUT2D eigenvalue weighted by atomic mass is 32.1. The van der Waals surface area contributed by atoms with E-state index < -0.39 is 11.6 Å². The summed E-state index contributed by atoms with van der Waals surface area (Å²) in [4.78, 5) is 19.8. The van der Waals surface area contributed by atoms with Gasteiger partial charge in [0.05, 0.1) is 17.4 Å². The van der Waals surface area contributed by atoms with Crippen LogP contribution in [0.1, 0.15) is 40.2 Å². The first-order chi connectivity index (χ1) is 16.4. The highest BCUT2D eigenvalue weighted by Crippen LogP contribution is 2.33. The molecule has 0 spiro atoms. The molecule has 6 nitrogen and oxygen atoms in total. The maximum absolute atomic E-state index is 14.0. The van der Waals surface area contributed by atoms with Crippen molar-refractivity contribution in [1.29, 1.82) is 0 Å². The van der Waals surface area contributed by atoms with Gasteiger partial charge in [-0.05, 0) is 57.2 Å². The Morgan fingerprint density at radius 3 is 2.88 bits per heavy atom. The fourth-order valence-corrected chi connectivity index (χ4v) is 6.02. The van der Waals surface area contributed by atoms with Crippen LogP contribution in [0.5, 0.6) is 0 Å². The van der Waals surface area contributed by atoms with E-state index in [9.17, 15) is 13.6 Å². The molecule has 1 aliphatic carbocycles. The number of nitrogens with one attached hydrogen (secondary N) is 1. The van der Waals surface area contributed by atoms with Gasteiger partial charge in [0, 0.05) is 41.8 Å². The summed E-state index contributed by atoms with van der Waals surface area (Å²) in [7, 11) is 0. The Morgan fingerprint density at radius 2 is 2.09 bits per heavy atom. The number of hydrogen-bond donors (Lipinski definition) is 1. The van der Waals surface area contributed by atoms with Gasteiger partial charge in [-0.2, -0.15) is 5.10 Å². The van der Waals surface area contributed by atoms with Crippen molar-refractivity contribution in [3.63, 3.8) is 0 Å².